The lowest BCUT2D eigenvalue weighted by Gasteiger charge is -2.19. The van der Waals surface area contributed by atoms with Crippen molar-refractivity contribution in [2.45, 2.75) is 32.9 Å². The van der Waals surface area contributed by atoms with Crippen LogP contribution in [0.2, 0.25) is 0 Å². The van der Waals surface area contributed by atoms with Gasteiger partial charge in [0.05, 0.1) is 11.9 Å². The molecule has 0 bridgehead atoms. The third kappa shape index (κ3) is 2.50. The predicted molar refractivity (Wildman–Crippen MR) is 80.1 cm³/mol. The van der Waals surface area contributed by atoms with E-state index in [2.05, 4.69) is 62.0 Å². The molecule has 0 saturated carbocycles. The topological polar surface area (TPSA) is 29.0 Å². The average molecular weight is 318 g/mol. The summed E-state index contributed by atoms with van der Waals surface area (Å²) in [5.74, 6) is 1.03. The largest absolute Gasteiger partial charge is 0.346 e. The number of benzene rings is 1. The molecule has 1 aromatic carbocycles. The van der Waals surface area contributed by atoms with Gasteiger partial charge < -0.3 is 4.90 Å². The summed E-state index contributed by atoms with van der Waals surface area (Å²) >= 11 is 3.41. The molecule has 0 N–H and O–H groups in total. The molecule has 1 aliphatic rings. The zero-order valence-electron chi connectivity index (χ0n) is 10.9. The molecule has 0 saturated heterocycles. The molecule has 0 spiro atoms. The second kappa shape index (κ2) is 5.29. The molecule has 2 aromatic rings. The van der Waals surface area contributed by atoms with Gasteiger partial charge in [0.25, 0.3) is 0 Å². The summed E-state index contributed by atoms with van der Waals surface area (Å²) in [7, 11) is 0. The highest BCUT2D eigenvalue weighted by Crippen LogP contribution is 2.29. The first-order valence-corrected chi connectivity index (χ1v) is 7.40. The fraction of sp³-hybridized carbons (Fsp3) is 0.333. The molecular weight excluding hydrogens is 302 g/mol. The molecule has 0 radical (unpaired) electrons. The molecule has 2 heterocycles. The van der Waals surface area contributed by atoms with E-state index in [9.17, 15) is 0 Å². The normalized spacial score (nSPS) is 13.7. The van der Waals surface area contributed by atoms with Crippen LogP contribution in [0.15, 0.2) is 35.1 Å². The van der Waals surface area contributed by atoms with E-state index in [1.54, 1.807) is 6.20 Å². The lowest BCUT2D eigenvalue weighted by molar-refractivity contribution is 0.798. The van der Waals surface area contributed by atoms with Gasteiger partial charge in [-0.3, -0.25) is 0 Å². The van der Waals surface area contributed by atoms with Crippen LogP contribution in [0, 0.1) is 0 Å². The Morgan fingerprint density at radius 3 is 2.53 bits per heavy atom. The number of hydrogen-bond donors (Lipinski definition) is 0. The molecule has 4 heteroatoms. The molecule has 98 valence electrons. The highest BCUT2D eigenvalue weighted by atomic mass is 79.9. The minimum absolute atomic E-state index is 0.816. The van der Waals surface area contributed by atoms with Gasteiger partial charge in [-0.15, -0.1) is 0 Å². The Bertz CT molecular complexity index is 573. The van der Waals surface area contributed by atoms with Crippen LogP contribution in [-0.4, -0.2) is 9.97 Å². The number of anilines is 1. The average Bonchev–Trinajstić information content (AvgIpc) is 2.82. The van der Waals surface area contributed by atoms with Gasteiger partial charge in [-0.1, -0.05) is 37.6 Å². The second-order valence-corrected chi connectivity index (χ2v) is 5.65. The zero-order valence-corrected chi connectivity index (χ0v) is 12.5. The standard InChI is InChI=1S/C15H16BrN3/c1-2-5-13-15(17-8-14(16)18-13)19-9-11-6-3-4-7-12(11)10-19/h3-4,6-8H,2,5,9-10H2,1H3. The predicted octanol–water partition coefficient (Wildman–Crippen LogP) is 3.71. The van der Waals surface area contributed by atoms with E-state index in [0.29, 0.717) is 0 Å². The third-order valence-corrected chi connectivity index (χ3v) is 3.80. The zero-order chi connectivity index (χ0) is 13.2. The van der Waals surface area contributed by atoms with Gasteiger partial charge in [0.2, 0.25) is 0 Å². The number of rotatable bonds is 3. The van der Waals surface area contributed by atoms with Gasteiger partial charge in [0.1, 0.15) is 4.60 Å². The minimum Gasteiger partial charge on any atom is -0.346 e. The Kier molecular flexibility index (Phi) is 3.51. The Morgan fingerprint density at radius 1 is 1.21 bits per heavy atom. The van der Waals surface area contributed by atoms with Crippen LogP contribution in [0.3, 0.4) is 0 Å². The van der Waals surface area contributed by atoms with E-state index < -0.39 is 0 Å². The van der Waals surface area contributed by atoms with Gasteiger partial charge in [0, 0.05) is 13.1 Å². The van der Waals surface area contributed by atoms with Gasteiger partial charge >= 0.3 is 0 Å². The Hall–Kier alpha value is -1.42. The Balaban J connectivity index is 1.92. The maximum absolute atomic E-state index is 4.58. The number of fused-ring (bicyclic) bond motifs is 1. The first-order valence-electron chi connectivity index (χ1n) is 6.61. The van der Waals surface area contributed by atoms with Crippen LogP contribution in [0.5, 0.6) is 0 Å². The van der Waals surface area contributed by atoms with Crippen molar-refractivity contribution >= 4 is 21.7 Å². The highest BCUT2D eigenvalue weighted by molar-refractivity contribution is 9.10. The van der Waals surface area contributed by atoms with Gasteiger partial charge in [-0.2, -0.15) is 0 Å². The van der Waals surface area contributed by atoms with Crippen molar-refractivity contribution in [2.24, 2.45) is 0 Å². The van der Waals surface area contributed by atoms with Crippen molar-refractivity contribution in [2.75, 3.05) is 4.90 Å². The minimum atomic E-state index is 0.816. The van der Waals surface area contributed by atoms with Crippen LogP contribution in [0.25, 0.3) is 0 Å². The molecule has 0 fully saturated rings. The molecule has 0 atom stereocenters. The quantitative estimate of drug-likeness (QED) is 0.864. The second-order valence-electron chi connectivity index (χ2n) is 4.84. The molecule has 3 rings (SSSR count). The summed E-state index contributed by atoms with van der Waals surface area (Å²) in [6, 6.07) is 8.59. The lowest BCUT2D eigenvalue weighted by Crippen LogP contribution is -2.18. The van der Waals surface area contributed by atoms with E-state index in [-0.39, 0.29) is 0 Å². The smallest absolute Gasteiger partial charge is 0.151 e. The summed E-state index contributed by atoms with van der Waals surface area (Å²) in [5.41, 5.74) is 3.88. The van der Waals surface area contributed by atoms with Crippen LogP contribution >= 0.6 is 15.9 Å². The molecule has 3 nitrogen and oxygen atoms in total. The van der Waals surface area contributed by atoms with Crippen LogP contribution in [0.4, 0.5) is 5.82 Å². The third-order valence-electron chi connectivity index (χ3n) is 3.42. The van der Waals surface area contributed by atoms with E-state index in [1.165, 1.54) is 11.1 Å². The fourth-order valence-electron chi connectivity index (χ4n) is 2.55. The van der Waals surface area contributed by atoms with Gasteiger partial charge in [-0.05, 0) is 33.5 Å². The van der Waals surface area contributed by atoms with E-state index >= 15 is 0 Å². The summed E-state index contributed by atoms with van der Waals surface area (Å²) in [6.07, 6.45) is 3.84. The van der Waals surface area contributed by atoms with Crippen molar-refractivity contribution < 1.29 is 0 Å². The number of halogens is 1. The summed E-state index contributed by atoms with van der Waals surface area (Å²) < 4.78 is 0.816. The van der Waals surface area contributed by atoms with Crippen molar-refractivity contribution in [1.82, 2.24) is 9.97 Å². The van der Waals surface area contributed by atoms with Crippen molar-refractivity contribution in [3.63, 3.8) is 0 Å². The fourth-order valence-corrected chi connectivity index (χ4v) is 2.86. The number of aryl methyl sites for hydroxylation is 1. The maximum atomic E-state index is 4.58. The molecule has 0 unspecified atom stereocenters. The SMILES string of the molecule is CCCc1nc(Br)cnc1N1Cc2ccccc2C1. The van der Waals surface area contributed by atoms with E-state index in [0.717, 1.165) is 42.0 Å². The molecule has 1 aliphatic heterocycles. The van der Waals surface area contributed by atoms with Gasteiger partial charge in [-0.25, -0.2) is 9.97 Å². The number of aromatic nitrogens is 2. The van der Waals surface area contributed by atoms with Gasteiger partial charge in [0.15, 0.2) is 5.82 Å². The number of nitrogens with zero attached hydrogens (tertiary/aromatic N) is 3. The van der Waals surface area contributed by atoms with Crippen LogP contribution in [-0.2, 0) is 19.5 Å². The first-order chi connectivity index (χ1) is 9.28. The van der Waals surface area contributed by atoms with Crippen molar-refractivity contribution in [3.05, 3.63) is 51.9 Å². The first kappa shape index (κ1) is 12.6. The Morgan fingerprint density at radius 2 is 1.89 bits per heavy atom. The Labute approximate surface area is 121 Å². The van der Waals surface area contributed by atoms with Crippen molar-refractivity contribution in [1.29, 1.82) is 0 Å². The summed E-state index contributed by atoms with van der Waals surface area (Å²) in [6.45, 7) is 4.04. The molecule has 19 heavy (non-hydrogen) atoms. The van der Waals surface area contributed by atoms with Crippen molar-refractivity contribution in [3.8, 4) is 0 Å². The summed E-state index contributed by atoms with van der Waals surface area (Å²) in [5, 5.41) is 0. The molecule has 0 amide bonds. The number of hydrogen-bond acceptors (Lipinski definition) is 3. The lowest BCUT2D eigenvalue weighted by atomic mass is 10.1. The van der Waals surface area contributed by atoms with Crippen LogP contribution < -0.4 is 4.90 Å². The maximum Gasteiger partial charge on any atom is 0.151 e. The van der Waals surface area contributed by atoms with E-state index in [1.807, 2.05) is 0 Å². The van der Waals surface area contributed by atoms with E-state index in [4.69, 9.17) is 0 Å². The summed E-state index contributed by atoms with van der Waals surface area (Å²) in [4.78, 5) is 11.5. The molecular formula is C15H16BrN3. The monoisotopic (exact) mass is 317 g/mol. The highest BCUT2D eigenvalue weighted by Gasteiger charge is 2.22. The van der Waals surface area contributed by atoms with Crippen LogP contribution in [0.1, 0.15) is 30.2 Å². The molecule has 1 aromatic heterocycles. The molecule has 0 aliphatic carbocycles.